The van der Waals surface area contributed by atoms with Crippen LogP contribution in [0.15, 0.2) is 61.5 Å². The fraction of sp³-hybridized carbons (Fsp3) is 0.533. The van der Waals surface area contributed by atoms with Crippen molar-refractivity contribution >= 4 is 37.3 Å². The second-order valence-electron chi connectivity index (χ2n) is 10.5. The first-order valence-electron chi connectivity index (χ1n) is 15.3. The van der Waals surface area contributed by atoms with Gasteiger partial charge in [0.1, 0.15) is 23.3 Å². The van der Waals surface area contributed by atoms with Crippen molar-refractivity contribution in [2.75, 3.05) is 18.5 Å². The van der Waals surface area contributed by atoms with Crippen molar-refractivity contribution < 1.29 is 27.0 Å². The van der Waals surface area contributed by atoms with E-state index in [1.54, 1.807) is 6.07 Å². The molecule has 5 N–H and O–H groups in total. The second kappa shape index (κ2) is 19.7. The minimum Gasteiger partial charge on any atom is -0.506 e. The van der Waals surface area contributed by atoms with Crippen molar-refractivity contribution in [1.29, 1.82) is 5.26 Å². The van der Waals surface area contributed by atoms with Crippen LogP contribution in [0.2, 0.25) is 0 Å². The Labute approximate surface area is 267 Å². The van der Waals surface area contributed by atoms with E-state index in [4.69, 9.17) is 0 Å². The number of hydrogen-bond acceptors (Lipinski definition) is 10. The Bertz CT molecular complexity index is 1540. The van der Waals surface area contributed by atoms with Gasteiger partial charge in [0.25, 0.3) is 5.84 Å². The highest BCUT2D eigenvalue weighted by Gasteiger charge is 2.17. The Balaban J connectivity index is 2.06. The van der Waals surface area contributed by atoms with Crippen LogP contribution in [0.5, 0.6) is 11.5 Å². The number of rotatable bonds is 21. The molecule has 0 aromatic heterocycles. The number of anilines is 1. The van der Waals surface area contributed by atoms with Crippen LogP contribution in [0.25, 0.3) is 0 Å². The van der Waals surface area contributed by atoms with Crippen molar-refractivity contribution in [1.82, 2.24) is 9.44 Å². The number of nitrogens with one attached hydrogen (secondary N) is 3. The molecule has 0 amide bonds. The molecule has 15 heteroatoms. The van der Waals surface area contributed by atoms with E-state index >= 15 is 0 Å². The molecule has 0 saturated carbocycles. The Morgan fingerprint density at radius 2 is 1.22 bits per heavy atom. The fourth-order valence-corrected chi connectivity index (χ4v) is 6.39. The molecule has 0 spiro atoms. The number of phenolic OH excluding ortho intramolecular Hbond substituents is 2. The number of unbranched alkanes of at least 4 members (excludes halogenated alkanes) is 10. The van der Waals surface area contributed by atoms with E-state index in [1.165, 1.54) is 18.2 Å². The van der Waals surface area contributed by atoms with Gasteiger partial charge in [-0.3, -0.25) is 5.43 Å². The fourth-order valence-electron chi connectivity index (χ4n) is 4.20. The zero-order valence-electron chi connectivity index (χ0n) is 26.0. The largest absolute Gasteiger partial charge is 0.506 e. The predicted molar refractivity (Wildman–Crippen MR) is 175 cm³/mol. The molecule has 0 saturated heterocycles. The van der Waals surface area contributed by atoms with Gasteiger partial charge < -0.3 is 10.2 Å². The topological polar surface area (TPSA) is 206 Å². The maximum Gasteiger partial charge on any atom is 0.270 e. The number of hydrogen-bond donors (Lipinski definition) is 5. The summed E-state index contributed by atoms with van der Waals surface area (Å²) in [6.07, 6.45) is 12.1. The molecular weight excluding hydrogens is 619 g/mol. The van der Waals surface area contributed by atoms with Crippen LogP contribution in [0, 0.1) is 11.3 Å². The predicted octanol–water partition coefficient (Wildman–Crippen LogP) is 6.41. The van der Waals surface area contributed by atoms with Crippen LogP contribution in [0.1, 0.15) is 90.9 Å². The first-order chi connectivity index (χ1) is 21.5. The van der Waals surface area contributed by atoms with Crippen LogP contribution < -0.4 is 14.9 Å². The van der Waals surface area contributed by atoms with Gasteiger partial charge in [0.05, 0.1) is 15.5 Å². The summed E-state index contributed by atoms with van der Waals surface area (Å²) < 4.78 is 55.9. The van der Waals surface area contributed by atoms with Crippen molar-refractivity contribution in [3.05, 3.63) is 36.4 Å². The van der Waals surface area contributed by atoms with Crippen LogP contribution in [-0.2, 0) is 20.0 Å². The third-order valence-corrected chi connectivity index (χ3v) is 9.73. The van der Waals surface area contributed by atoms with Gasteiger partial charge in [-0.1, -0.05) is 78.1 Å². The Morgan fingerprint density at radius 3 is 1.76 bits per heavy atom. The molecule has 0 fully saturated rings. The normalized spacial score (nSPS) is 12.4. The van der Waals surface area contributed by atoms with Gasteiger partial charge >= 0.3 is 0 Å². The number of aromatic hydroxyl groups is 2. The van der Waals surface area contributed by atoms with E-state index < -0.39 is 25.9 Å². The van der Waals surface area contributed by atoms with Crippen molar-refractivity contribution in [3.63, 3.8) is 0 Å². The molecule has 2 aromatic carbocycles. The molecule has 248 valence electrons. The summed E-state index contributed by atoms with van der Waals surface area (Å²) in [6.45, 7) is 4.81. The van der Waals surface area contributed by atoms with Crippen LogP contribution in [0.4, 0.5) is 11.4 Å². The lowest BCUT2D eigenvalue weighted by Gasteiger charge is -2.09. The molecule has 2 aromatic rings. The van der Waals surface area contributed by atoms with Gasteiger partial charge in [-0.15, -0.1) is 15.3 Å². The summed E-state index contributed by atoms with van der Waals surface area (Å²) in [4.78, 5) is -0.251. The van der Waals surface area contributed by atoms with Gasteiger partial charge in [0, 0.05) is 13.1 Å². The number of benzene rings is 2. The molecule has 0 unspecified atom stereocenters. The highest BCUT2D eigenvalue weighted by Crippen LogP contribution is 2.30. The Hall–Kier alpha value is -3.58. The number of nitriles is 1. The minimum atomic E-state index is -3.87. The molecule has 2 rings (SSSR count). The van der Waals surface area contributed by atoms with Crippen molar-refractivity contribution in [3.8, 4) is 17.6 Å². The number of sulfonamides is 2. The molecule has 0 bridgehead atoms. The molecule has 45 heavy (non-hydrogen) atoms. The summed E-state index contributed by atoms with van der Waals surface area (Å²) in [5, 5.41) is 41.0. The maximum absolute atomic E-state index is 12.7. The Morgan fingerprint density at radius 1 is 0.733 bits per heavy atom. The van der Waals surface area contributed by atoms with Gasteiger partial charge in [0.15, 0.2) is 0 Å². The van der Waals surface area contributed by atoms with Gasteiger partial charge in [-0.2, -0.15) is 5.26 Å². The number of azo groups is 1. The van der Waals surface area contributed by atoms with E-state index in [-0.39, 0.29) is 45.8 Å². The maximum atomic E-state index is 12.7. The molecule has 0 aliphatic carbocycles. The zero-order valence-corrected chi connectivity index (χ0v) is 27.6. The minimum absolute atomic E-state index is 0.104. The van der Waals surface area contributed by atoms with Crippen molar-refractivity contribution in [2.24, 2.45) is 15.3 Å². The lowest BCUT2D eigenvalue weighted by Crippen LogP contribution is -2.24. The van der Waals surface area contributed by atoms with E-state index in [2.05, 4.69) is 44.0 Å². The zero-order chi connectivity index (χ0) is 33.1. The van der Waals surface area contributed by atoms with E-state index in [0.717, 1.165) is 82.4 Å². The quantitative estimate of drug-likeness (QED) is 0.0251. The van der Waals surface area contributed by atoms with E-state index in [9.17, 15) is 32.3 Å². The summed E-state index contributed by atoms with van der Waals surface area (Å²) in [6, 6.07) is 8.75. The molecule has 0 atom stereocenters. The molecule has 0 aliphatic heterocycles. The Kier molecular flexibility index (Phi) is 16.5. The number of phenols is 2. The third kappa shape index (κ3) is 13.5. The standard InChI is InChI=1S/C30H45N7O6S2/c1-3-5-7-9-11-13-19-32-44(40,41)24-15-17-28(38)26(21-24)34-36-30(23-31)37-35-27-22-25(16-18-29(27)39)45(42,43)33-20-14-12-10-8-6-4-2/h15-18,21-22,32-34,38-39H,3-14,19-20H2,1-2H3. The van der Waals surface area contributed by atoms with E-state index in [0.29, 0.717) is 12.8 Å². The van der Waals surface area contributed by atoms with Gasteiger partial charge in [0.2, 0.25) is 20.0 Å². The highest BCUT2D eigenvalue weighted by atomic mass is 32.2. The third-order valence-electron chi connectivity index (χ3n) is 6.82. The summed E-state index contributed by atoms with van der Waals surface area (Å²) in [5.74, 6) is -1.24. The first-order valence-corrected chi connectivity index (χ1v) is 18.3. The smallest absolute Gasteiger partial charge is 0.270 e. The first kappa shape index (κ1) is 37.6. The molecule has 0 aliphatic rings. The highest BCUT2D eigenvalue weighted by molar-refractivity contribution is 7.89. The second-order valence-corrected chi connectivity index (χ2v) is 14.1. The summed E-state index contributed by atoms with van der Waals surface area (Å²) >= 11 is 0. The average molecular weight is 664 g/mol. The SMILES string of the molecule is CCCCCCCCNS(=O)(=O)c1ccc(O)c(N=NC(C#N)=NNc2cc(S(=O)(=O)NCCCCCCCC)ccc2O)c1. The number of hydrazone groups is 1. The number of amidine groups is 1. The molecule has 13 nitrogen and oxygen atoms in total. The average Bonchev–Trinajstić information content (AvgIpc) is 3.01. The molecule has 0 radical (unpaired) electrons. The molecular formula is C30H45N7O6S2. The van der Waals surface area contributed by atoms with Gasteiger partial charge in [-0.25, -0.2) is 26.3 Å². The summed E-state index contributed by atoms with van der Waals surface area (Å²) in [5.41, 5.74) is 2.09. The monoisotopic (exact) mass is 663 g/mol. The summed E-state index contributed by atoms with van der Waals surface area (Å²) in [7, 11) is -7.73. The van der Waals surface area contributed by atoms with Crippen LogP contribution >= 0.6 is 0 Å². The molecule has 0 heterocycles. The van der Waals surface area contributed by atoms with Gasteiger partial charge in [-0.05, 0) is 49.2 Å². The van der Waals surface area contributed by atoms with Crippen LogP contribution in [0.3, 0.4) is 0 Å². The lowest BCUT2D eigenvalue weighted by molar-refractivity contribution is 0.475. The lowest BCUT2D eigenvalue weighted by atomic mass is 10.1. The number of nitrogens with zero attached hydrogens (tertiary/aromatic N) is 4. The van der Waals surface area contributed by atoms with Crippen LogP contribution in [-0.4, -0.2) is 46.0 Å². The van der Waals surface area contributed by atoms with Crippen molar-refractivity contribution in [2.45, 2.75) is 101 Å². The van der Waals surface area contributed by atoms with E-state index in [1.807, 2.05) is 0 Å².